The number of hydrogen-bond donors (Lipinski definition) is 2. The number of benzene rings is 1. The number of hydrogen-bond acceptors (Lipinski definition) is 2. The van der Waals surface area contributed by atoms with Gasteiger partial charge in [-0.15, -0.1) is 0 Å². The highest BCUT2D eigenvalue weighted by Gasteiger charge is 2.31. The first-order chi connectivity index (χ1) is 9.39. The minimum Gasteiger partial charge on any atom is -0.389 e. The largest absolute Gasteiger partial charge is 0.389 e. The van der Waals surface area contributed by atoms with Crippen LogP contribution in [0.5, 0.6) is 0 Å². The summed E-state index contributed by atoms with van der Waals surface area (Å²) in [6, 6.07) is 5.64. The van der Waals surface area contributed by atoms with Crippen LogP contribution in [-0.2, 0) is 0 Å². The van der Waals surface area contributed by atoms with Crippen LogP contribution in [0.1, 0.15) is 51.1 Å². The van der Waals surface area contributed by atoms with Crippen LogP contribution in [0.15, 0.2) is 18.2 Å². The molecule has 1 aliphatic rings. The van der Waals surface area contributed by atoms with Gasteiger partial charge in [-0.1, -0.05) is 36.2 Å². The van der Waals surface area contributed by atoms with Gasteiger partial charge in [-0.25, -0.2) is 0 Å². The Hall–Kier alpha value is -0.280. The Labute approximate surface area is 131 Å². The van der Waals surface area contributed by atoms with E-state index in [4.69, 9.17) is 23.2 Å². The van der Waals surface area contributed by atoms with Gasteiger partial charge in [0, 0.05) is 22.6 Å². The van der Waals surface area contributed by atoms with Crippen molar-refractivity contribution in [1.29, 1.82) is 0 Å². The summed E-state index contributed by atoms with van der Waals surface area (Å²) >= 11 is 12.1. The standard InChI is InChI=1S/C16H23Cl2NO/c1-11-5-7-16(20,8-6-11)10-19-12(2)14-4-3-13(17)9-15(14)18/h3-4,9,11-12,19-20H,5-8,10H2,1-2H3. The first kappa shape index (κ1) is 16.1. The van der Waals surface area contributed by atoms with Crippen molar-refractivity contribution in [3.8, 4) is 0 Å². The van der Waals surface area contributed by atoms with Crippen molar-refractivity contribution in [1.82, 2.24) is 5.32 Å². The number of rotatable bonds is 4. The predicted octanol–water partition coefficient (Wildman–Crippen LogP) is 4.59. The summed E-state index contributed by atoms with van der Waals surface area (Å²) in [5.41, 5.74) is 0.448. The zero-order valence-electron chi connectivity index (χ0n) is 12.1. The molecular formula is C16H23Cl2NO. The first-order valence-corrected chi connectivity index (χ1v) is 8.06. The van der Waals surface area contributed by atoms with Gasteiger partial charge in [-0.05, 0) is 56.2 Å². The lowest BCUT2D eigenvalue weighted by atomic mass is 9.79. The molecule has 2 N–H and O–H groups in total. The highest BCUT2D eigenvalue weighted by Crippen LogP contribution is 2.32. The van der Waals surface area contributed by atoms with E-state index in [9.17, 15) is 5.11 Å². The molecule has 0 aliphatic heterocycles. The molecule has 2 rings (SSSR count). The van der Waals surface area contributed by atoms with E-state index < -0.39 is 5.60 Å². The number of nitrogens with one attached hydrogen (secondary N) is 1. The fourth-order valence-corrected chi connectivity index (χ4v) is 3.35. The zero-order valence-corrected chi connectivity index (χ0v) is 13.6. The molecule has 0 radical (unpaired) electrons. The van der Waals surface area contributed by atoms with Crippen LogP contribution in [0.25, 0.3) is 0 Å². The molecule has 4 heteroatoms. The Morgan fingerprint density at radius 1 is 1.35 bits per heavy atom. The second-order valence-electron chi connectivity index (χ2n) is 6.18. The summed E-state index contributed by atoms with van der Waals surface area (Å²) in [7, 11) is 0. The fourth-order valence-electron chi connectivity index (χ4n) is 2.78. The molecule has 1 aromatic rings. The third kappa shape index (κ3) is 4.11. The van der Waals surface area contributed by atoms with E-state index in [0.29, 0.717) is 16.6 Å². The maximum absolute atomic E-state index is 10.6. The van der Waals surface area contributed by atoms with Gasteiger partial charge in [0.2, 0.25) is 0 Å². The lowest BCUT2D eigenvalue weighted by molar-refractivity contribution is -0.00783. The quantitative estimate of drug-likeness (QED) is 0.852. The first-order valence-electron chi connectivity index (χ1n) is 7.30. The molecule has 1 fully saturated rings. The highest BCUT2D eigenvalue weighted by atomic mass is 35.5. The molecule has 0 spiro atoms. The fraction of sp³-hybridized carbons (Fsp3) is 0.625. The van der Waals surface area contributed by atoms with Crippen molar-refractivity contribution in [2.75, 3.05) is 6.54 Å². The van der Waals surface area contributed by atoms with E-state index in [2.05, 4.69) is 19.2 Å². The van der Waals surface area contributed by atoms with Gasteiger partial charge in [0.1, 0.15) is 0 Å². The van der Waals surface area contributed by atoms with Crippen molar-refractivity contribution < 1.29 is 5.11 Å². The number of aliphatic hydroxyl groups is 1. The van der Waals surface area contributed by atoms with Crippen LogP contribution in [0.3, 0.4) is 0 Å². The van der Waals surface area contributed by atoms with Crippen LogP contribution >= 0.6 is 23.2 Å². The second-order valence-corrected chi connectivity index (χ2v) is 7.02. The van der Waals surface area contributed by atoms with Crippen LogP contribution in [-0.4, -0.2) is 17.3 Å². The molecule has 2 nitrogen and oxygen atoms in total. The van der Waals surface area contributed by atoms with E-state index in [1.54, 1.807) is 6.07 Å². The summed E-state index contributed by atoms with van der Waals surface area (Å²) in [6.45, 7) is 4.92. The van der Waals surface area contributed by atoms with Gasteiger partial charge in [-0.3, -0.25) is 0 Å². The monoisotopic (exact) mass is 315 g/mol. The maximum Gasteiger partial charge on any atom is 0.0772 e. The maximum atomic E-state index is 10.6. The normalized spacial score (nSPS) is 28.4. The average Bonchev–Trinajstić information content (AvgIpc) is 2.40. The Morgan fingerprint density at radius 2 is 2.00 bits per heavy atom. The second kappa shape index (κ2) is 6.65. The lowest BCUT2D eigenvalue weighted by Crippen LogP contribution is -2.44. The van der Waals surface area contributed by atoms with Crippen molar-refractivity contribution in [3.05, 3.63) is 33.8 Å². The molecule has 0 amide bonds. The molecule has 0 saturated heterocycles. The van der Waals surface area contributed by atoms with Gasteiger partial charge < -0.3 is 10.4 Å². The molecular weight excluding hydrogens is 293 g/mol. The molecule has 20 heavy (non-hydrogen) atoms. The molecule has 0 bridgehead atoms. The van der Waals surface area contributed by atoms with E-state index in [0.717, 1.165) is 37.2 Å². The minimum absolute atomic E-state index is 0.100. The zero-order chi connectivity index (χ0) is 14.8. The topological polar surface area (TPSA) is 32.3 Å². The Bertz CT molecular complexity index is 456. The summed E-state index contributed by atoms with van der Waals surface area (Å²) < 4.78 is 0. The summed E-state index contributed by atoms with van der Waals surface area (Å²) in [5, 5.41) is 15.3. The molecule has 1 saturated carbocycles. The Balaban J connectivity index is 1.93. The van der Waals surface area contributed by atoms with E-state index in [1.165, 1.54) is 0 Å². The molecule has 1 aromatic carbocycles. The summed E-state index contributed by atoms with van der Waals surface area (Å²) in [4.78, 5) is 0. The molecule has 1 unspecified atom stereocenters. The van der Waals surface area contributed by atoms with Crippen LogP contribution < -0.4 is 5.32 Å². The van der Waals surface area contributed by atoms with Gasteiger partial charge in [0.25, 0.3) is 0 Å². The smallest absolute Gasteiger partial charge is 0.0772 e. The Morgan fingerprint density at radius 3 is 2.60 bits per heavy atom. The predicted molar refractivity (Wildman–Crippen MR) is 85.5 cm³/mol. The average molecular weight is 316 g/mol. The van der Waals surface area contributed by atoms with Crippen molar-refractivity contribution in [2.45, 2.75) is 51.2 Å². The van der Waals surface area contributed by atoms with Crippen LogP contribution in [0.4, 0.5) is 0 Å². The van der Waals surface area contributed by atoms with Gasteiger partial charge in [0.05, 0.1) is 5.60 Å². The van der Waals surface area contributed by atoms with Crippen molar-refractivity contribution in [2.24, 2.45) is 5.92 Å². The van der Waals surface area contributed by atoms with Crippen molar-refractivity contribution >= 4 is 23.2 Å². The molecule has 0 aromatic heterocycles. The summed E-state index contributed by atoms with van der Waals surface area (Å²) in [5.74, 6) is 0.735. The lowest BCUT2D eigenvalue weighted by Gasteiger charge is -2.36. The third-order valence-electron chi connectivity index (χ3n) is 4.37. The van der Waals surface area contributed by atoms with Crippen LogP contribution in [0, 0.1) is 5.92 Å². The van der Waals surface area contributed by atoms with Gasteiger partial charge in [0.15, 0.2) is 0 Å². The minimum atomic E-state index is -0.570. The molecule has 1 atom stereocenters. The van der Waals surface area contributed by atoms with Crippen molar-refractivity contribution in [3.63, 3.8) is 0 Å². The highest BCUT2D eigenvalue weighted by molar-refractivity contribution is 6.35. The van der Waals surface area contributed by atoms with E-state index in [1.807, 2.05) is 12.1 Å². The summed E-state index contributed by atoms with van der Waals surface area (Å²) in [6.07, 6.45) is 3.97. The SMILES string of the molecule is CC1CCC(O)(CNC(C)c2ccc(Cl)cc2Cl)CC1. The van der Waals surface area contributed by atoms with E-state index >= 15 is 0 Å². The van der Waals surface area contributed by atoms with Crippen LogP contribution in [0.2, 0.25) is 10.0 Å². The molecule has 112 valence electrons. The Kier molecular flexibility index (Phi) is 5.36. The van der Waals surface area contributed by atoms with Gasteiger partial charge >= 0.3 is 0 Å². The van der Waals surface area contributed by atoms with E-state index in [-0.39, 0.29) is 6.04 Å². The molecule has 1 aliphatic carbocycles. The third-order valence-corrected chi connectivity index (χ3v) is 4.93. The number of halogens is 2. The molecule has 0 heterocycles. The van der Waals surface area contributed by atoms with Gasteiger partial charge in [-0.2, -0.15) is 0 Å².